The third-order valence-corrected chi connectivity index (χ3v) is 2.58. The van der Waals surface area contributed by atoms with Crippen LogP contribution in [0, 0.1) is 0 Å². The van der Waals surface area contributed by atoms with E-state index in [1.165, 1.54) is 6.26 Å². The highest BCUT2D eigenvalue weighted by Gasteiger charge is 2.29. The molecule has 1 aromatic rings. The third-order valence-electron chi connectivity index (χ3n) is 2.58. The van der Waals surface area contributed by atoms with Crippen molar-refractivity contribution in [1.82, 2.24) is 4.90 Å². The second-order valence-corrected chi connectivity index (χ2v) is 3.45. The first kappa shape index (κ1) is 9.27. The van der Waals surface area contributed by atoms with Gasteiger partial charge in [0.05, 0.1) is 18.9 Å². The Morgan fingerprint density at radius 3 is 3.21 bits per heavy atom. The Morgan fingerprint density at radius 1 is 1.71 bits per heavy atom. The van der Waals surface area contributed by atoms with Crippen LogP contribution in [0.2, 0.25) is 0 Å². The van der Waals surface area contributed by atoms with Gasteiger partial charge < -0.3 is 14.4 Å². The number of amides is 1. The number of likely N-dealkylation sites (tertiary alicyclic amines) is 1. The average molecular weight is 195 g/mol. The van der Waals surface area contributed by atoms with Gasteiger partial charge in [-0.25, -0.2) is 0 Å². The van der Waals surface area contributed by atoms with Gasteiger partial charge in [0.1, 0.15) is 0 Å². The number of aliphatic hydroxyl groups is 1. The van der Waals surface area contributed by atoms with E-state index < -0.39 is 0 Å². The fraction of sp³-hybridized carbons (Fsp3) is 0.500. The molecule has 1 aromatic heterocycles. The molecule has 1 aliphatic rings. The quantitative estimate of drug-likeness (QED) is 0.762. The van der Waals surface area contributed by atoms with Gasteiger partial charge in [-0.1, -0.05) is 0 Å². The minimum atomic E-state index is -0.119. The van der Waals surface area contributed by atoms with Crippen LogP contribution in [0.4, 0.5) is 0 Å². The zero-order chi connectivity index (χ0) is 9.97. The van der Waals surface area contributed by atoms with E-state index in [9.17, 15) is 4.79 Å². The number of carbonyl (C=O) groups excluding carboxylic acids is 1. The molecule has 76 valence electrons. The van der Waals surface area contributed by atoms with Gasteiger partial charge >= 0.3 is 0 Å². The number of hydrogen-bond donors (Lipinski definition) is 1. The minimum Gasteiger partial charge on any atom is -0.459 e. The summed E-state index contributed by atoms with van der Waals surface area (Å²) in [7, 11) is 0. The van der Waals surface area contributed by atoms with Crippen LogP contribution in [0.15, 0.2) is 22.8 Å². The van der Waals surface area contributed by atoms with E-state index in [4.69, 9.17) is 9.52 Å². The number of furan rings is 1. The molecule has 4 heteroatoms. The molecular formula is C10H13NO3. The molecule has 0 aliphatic carbocycles. The first-order chi connectivity index (χ1) is 6.83. The SMILES string of the molecule is O=C(c1ccco1)N1CCC[C@H]1CO. The monoisotopic (exact) mass is 195 g/mol. The largest absolute Gasteiger partial charge is 0.459 e. The molecule has 14 heavy (non-hydrogen) atoms. The molecule has 1 aliphatic heterocycles. The van der Waals surface area contributed by atoms with E-state index in [2.05, 4.69) is 0 Å². The Balaban J connectivity index is 2.11. The van der Waals surface area contributed by atoms with Crippen molar-refractivity contribution < 1.29 is 14.3 Å². The van der Waals surface area contributed by atoms with Crippen LogP contribution in [0.25, 0.3) is 0 Å². The predicted molar refractivity (Wildman–Crippen MR) is 49.9 cm³/mol. The normalized spacial score (nSPS) is 21.5. The summed E-state index contributed by atoms with van der Waals surface area (Å²) in [5.41, 5.74) is 0. The molecule has 2 rings (SSSR count). The lowest BCUT2D eigenvalue weighted by Gasteiger charge is -2.21. The summed E-state index contributed by atoms with van der Waals surface area (Å²) in [4.78, 5) is 13.5. The molecule has 1 saturated heterocycles. The van der Waals surface area contributed by atoms with E-state index in [1.54, 1.807) is 17.0 Å². The summed E-state index contributed by atoms with van der Waals surface area (Å²) in [6.45, 7) is 0.747. The summed E-state index contributed by atoms with van der Waals surface area (Å²) in [6, 6.07) is 3.30. The summed E-state index contributed by atoms with van der Waals surface area (Å²) < 4.78 is 5.03. The molecule has 1 fully saturated rings. The van der Waals surface area contributed by atoms with Crippen LogP contribution in [-0.2, 0) is 0 Å². The molecule has 1 amide bonds. The second-order valence-electron chi connectivity index (χ2n) is 3.45. The lowest BCUT2D eigenvalue weighted by molar-refractivity contribution is 0.0646. The van der Waals surface area contributed by atoms with Gasteiger partial charge in [-0.2, -0.15) is 0 Å². The smallest absolute Gasteiger partial charge is 0.289 e. The van der Waals surface area contributed by atoms with Crippen LogP contribution in [0.5, 0.6) is 0 Å². The standard InChI is InChI=1S/C10H13NO3/c12-7-8-3-1-5-11(8)10(13)9-4-2-6-14-9/h2,4,6,8,12H,1,3,5,7H2/t8-/m0/s1. The molecule has 0 radical (unpaired) electrons. The predicted octanol–water partition coefficient (Wildman–Crippen LogP) is 0.876. The molecule has 0 bridgehead atoms. The Morgan fingerprint density at radius 2 is 2.57 bits per heavy atom. The Kier molecular flexibility index (Phi) is 2.54. The highest BCUT2D eigenvalue weighted by atomic mass is 16.3. The Labute approximate surface area is 82.1 Å². The summed E-state index contributed by atoms with van der Waals surface area (Å²) >= 11 is 0. The van der Waals surface area contributed by atoms with Gasteiger partial charge in [0.2, 0.25) is 0 Å². The number of hydrogen-bond acceptors (Lipinski definition) is 3. The highest BCUT2D eigenvalue weighted by Crippen LogP contribution is 2.19. The molecule has 0 aromatic carbocycles. The van der Waals surface area contributed by atoms with Crippen LogP contribution in [-0.4, -0.2) is 35.1 Å². The minimum absolute atomic E-state index is 0.0342. The van der Waals surface area contributed by atoms with Crippen LogP contribution in [0.1, 0.15) is 23.4 Å². The molecule has 1 atom stereocenters. The maximum Gasteiger partial charge on any atom is 0.289 e. The second kappa shape index (κ2) is 3.84. The molecule has 0 spiro atoms. The lowest BCUT2D eigenvalue weighted by Crippen LogP contribution is -2.37. The average Bonchev–Trinajstić information content (AvgIpc) is 2.87. The van der Waals surface area contributed by atoms with Crippen LogP contribution >= 0.6 is 0 Å². The molecular weight excluding hydrogens is 182 g/mol. The van der Waals surface area contributed by atoms with Gasteiger partial charge in [-0.05, 0) is 25.0 Å². The lowest BCUT2D eigenvalue weighted by atomic mass is 10.2. The zero-order valence-electron chi connectivity index (χ0n) is 7.85. The van der Waals surface area contributed by atoms with Gasteiger partial charge in [0, 0.05) is 6.54 Å². The van der Waals surface area contributed by atoms with Crippen molar-refractivity contribution >= 4 is 5.91 Å². The topological polar surface area (TPSA) is 53.7 Å². The fourth-order valence-electron chi connectivity index (χ4n) is 1.83. The van der Waals surface area contributed by atoms with Gasteiger partial charge in [-0.3, -0.25) is 4.79 Å². The van der Waals surface area contributed by atoms with E-state index >= 15 is 0 Å². The highest BCUT2D eigenvalue weighted by molar-refractivity contribution is 5.91. The first-order valence-corrected chi connectivity index (χ1v) is 4.78. The van der Waals surface area contributed by atoms with E-state index in [0.717, 1.165) is 12.8 Å². The molecule has 2 heterocycles. The van der Waals surface area contributed by atoms with Crippen molar-refractivity contribution in [2.75, 3.05) is 13.2 Å². The number of carbonyl (C=O) groups is 1. The summed E-state index contributed by atoms with van der Waals surface area (Å²) in [5, 5.41) is 9.06. The van der Waals surface area contributed by atoms with E-state index in [1.807, 2.05) is 0 Å². The van der Waals surface area contributed by atoms with Gasteiger partial charge in [0.15, 0.2) is 5.76 Å². The first-order valence-electron chi connectivity index (χ1n) is 4.78. The fourth-order valence-corrected chi connectivity index (χ4v) is 1.83. The number of rotatable bonds is 2. The maximum atomic E-state index is 11.8. The van der Waals surface area contributed by atoms with Crippen molar-refractivity contribution in [3.8, 4) is 0 Å². The van der Waals surface area contributed by atoms with Crippen molar-refractivity contribution in [2.45, 2.75) is 18.9 Å². The van der Waals surface area contributed by atoms with Crippen molar-refractivity contribution in [3.63, 3.8) is 0 Å². The van der Waals surface area contributed by atoms with E-state index in [0.29, 0.717) is 12.3 Å². The van der Waals surface area contributed by atoms with Crippen LogP contribution < -0.4 is 0 Å². The molecule has 0 unspecified atom stereocenters. The van der Waals surface area contributed by atoms with Crippen molar-refractivity contribution in [3.05, 3.63) is 24.2 Å². The Bertz CT molecular complexity index is 307. The maximum absolute atomic E-state index is 11.8. The molecule has 0 saturated carbocycles. The van der Waals surface area contributed by atoms with Gasteiger partial charge in [-0.15, -0.1) is 0 Å². The number of aliphatic hydroxyl groups excluding tert-OH is 1. The summed E-state index contributed by atoms with van der Waals surface area (Å²) in [6.07, 6.45) is 3.32. The third kappa shape index (κ3) is 1.53. The van der Waals surface area contributed by atoms with Gasteiger partial charge in [0.25, 0.3) is 5.91 Å². The molecule has 1 N–H and O–H groups in total. The summed E-state index contributed by atoms with van der Waals surface area (Å²) in [5.74, 6) is 0.233. The van der Waals surface area contributed by atoms with E-state index in [-0.39, 0.29) is 18.6 Å². The van der Waals surface area contributed by atoms with Crippen molar-refractivity contribution in [1.29, 1.82) is 0 Å². The zero-order valence-corrected chi connectivity index (χ0v) is 7.85. The van der Waals surface area contributed by atoms with Crippen molar-refractivity contribution in [2.24, 2.45) is 0 Å². The van der Waals surface area contributed by atoms with Crippen LogP contribution in [0.3, 0.4) is 0 Å². The number of nitrogens with zero attached hydrogens (tertiary/aromatic N) is 1. The Hall–Kier alpha value is -1.29. The molecule has 4 nitrogen and oxygen atoms in total.